The third kappa shape index (κ3) is 2.60. The molecule has 2 aromatic carbocycles. The van der Waals surface area contributed by atoms with E-state index in [2.05, 4.69) is 5.11 Å². The lowest BCUT2D eigenvalue weighted by atomic mass is 9.82. The summed E-state index contributed by atoms with van der Waals surface area (Å²) in [6.07, 6.45) is 1.31. The van der Waals surface area contributed by atoms with Crippen LogP contribution in [0, 0.1) is 5.21 Å². The van der Waals surface area contributed by atoms with Crippen molar-refractivity contribution in [2.24, 2.45) is 5.11 Å². The topological polar surface area (TPSA) is 96.0 Å². The minimum atomic E-state index is -2.00. The molecule has 2 N–H and O–H groups in total. The van der Waals surface area contributed by atoms with Crippen molar-refractivity contribution in [1.29, 1.82) is 0 Å². The first-order valence-corrected chi connectivity index (χ1v) is 7.02. The molecule has 1 atom stereocenters. The zero-order valence-corrected chi connectivity index (χ0v) is 12.1. The van der Waals surface area contributed by atoms with Gasteiger partial charge in [-0.1, -0.05) is 47.3 Å². The molecule has 0 heterocycles. The quantitative estimate of drug-likeness (QED) is 0.517. The molecule has 0 saturated carbocycles. The Morgan fingerprint density at radius 2 is 1.78 bits per heavy atom. The van der Waals surface area contributed by atoms with Crippen molar-refractivity contribution in [2.45, 2.75) is 12.0 Å². The number of rotatable bonds is 3. The number of carboxylic acids is 1. The molecular weight excluding hydrogens is 296 g/mol. The number of carbonyl (C=O) groups is 1. The van der Waals surface area contributed by atoms with Gasteiger partial charge in [0.1, 0.15) is 5.70 Å². The van der Waals surface area contributed by atoms with Crippen molar-refractivity contribution in [3.05, 3.63) is 77.0 Å². The Labute approximate surface area is 132 Å². The van der Waals surface area contributed by atoms with E-state index >= 15 is 0 Å². The maximum absolute atomic E-state index is 12.1. The zero-order chi connectivity index (χ0) is 16.4. The Balaban J connectivity index is 2.06. The van der Waals surface area contributed by atoms with Gasteiger partial charge in [-0.25, -0.2) is 4.79 Å². The maximum Gasteiger partial charge on any atom is 0.340 e. The van der Waals surface area contributed by atoms with Gasteiger partial charge in [-0.2, -0.15) is 0 Å². The number of nitrogens with zero attached hydrogens (tertiary/aromatic N) is 2. The molecule has 0 fully saturated rings. The van der Waals surface area contributed by atoms with Crippen LogP contribution in [0.4, 0.5) is 5.69 Å². The highest BCUT2D eigenvalue weighted by molar-refractivity contribution is 5.85. The number of azo groups is 1. The number of aliphatic hydroxyl groups is 1. The van der Waals surface area contributed by atoms with E-state index in [0.717, 1.165) is 0 Å². The second kappa shape index (κ2) is 5.66. The van der Waals surface area contributed by atoms with Crippen molar-refractivity contribution in [3.8, 4) is 0 Å². The molecule has 3 rings (SSSR count). The molecule has 1 aliphatic rings. The molecular formula is C17H14N2O4. The van der Waals surface area contributed by atoms with Gasteiger partial charge in [0.2, 0.25) is 5.69 Å². The second-order valence-electron chi connectivity index (χ2n) is 5.21. The van der Waals surface area contributed by atoms with Crippen LogP contribution in [0.2, 0.25) is 0 Å². The fourth-order valence-electron chi connectivity index (χ4n) is 2.54. The molecule has 6 heteroatoms. The molecule has 2 aromatic rings. The molecule has 0 saturated heterocycles. The van der Waals surface area contributed by atoms with Crippen LogP contribution in [-0.4, -0.2) is 21.0 Å². The first-order valence-electron chi connectivity index (χ1n) is 7.02. The summed E-state index contributed by atoms with van der Waals surface area (Å²) >= 11 is 0. The van der Waals surface area contributed by atoms with E-state index in [1.54, 1.807) is 48.5 Å². The maximum atomic E-state index is 12.1. The van der Waals surface area contributed by atoms with Gasteiger partial charge >= 0.3 is 5.97 Å². The van der Waals surface area contributed by atoms with Crippen molar-refractivity contribution >= 4 is 17.4 Å². The number of para-hydroxylation sites is 1. The predicted molar refractivity (Wildman–Crippen MR) is 82.7 cm³/mol. The summed E-state index contributed by atoms with van der Waals surface area (Å²) in [6.45, 7) is 0. The Bertz CT molecular complexity index is 814. The van der Waals surface area contributed by atoms with Gasteiger partial charge in [0.05, 0.1) is 0 Å². The van der Waals surface area contributed by atoms with Crippen LogP contribution in [0.3, 0.4) is 0 Å². The van der Waals surface area contributed by atoms with E-state index < -0.39 is 11.6 Å². The third-order valence-electron chi connectivity index (χ3n) is 3.77. The average molecular weight is 310 g/mol. The summed E-state index contributed by atoms with van der Waals surface area (Å²) in [5, 5.41) is 35.9. The lowest BCUT2D eigenvalue weighted by Crippen LogP contribution is -2.37. The molecule has 116 valence electrons. The Kier molecular flexibility index (Phi) is 3.67. The fraction of sp³-hybridized carbons (Fsp3) is 0.118. The van der Waals surface area contributed by atoms with Crippen LogP contribution < -0.4 is 0 Å². The van der Waals surface area contributed by atoms with Gasteiger partial charge in [0.25, 0.3) is 0 Å². The van der Waals surface area contributed by atoms with Gasteiger partial charge in [-0.05, 0) is 6.08 Å². The van der Waals surface area contributed by atoms with Crippen molar-refractivity contribution in [2.75, 3.05) is 0 Å². The van der Waals surface area contributed by atoms with Crippen molar-refractivity contribution in [3.63, 3.8) is 0 Å². The van der Waals surface area contributed by atoms with Gasteiger partial charge in [0, 0.05) is 34.8 Å². The van der Waals surface area contributed by atoms with E-state index in [1.807, 2.05) is 0 Å². The first-order chi connectivity index (χ1) is 11.0. The van der Waals surface area contributed by atoms with Crippen LogP contribution >= 0.6 is 0 Å². The highest BCUT2D eigenvalue weighted by atomic mass is 16.5. The highest BCUT2D eigenvalue weighted by Gasteiger charge is 2.42. The number of carboxylic acid groups (broad SMARTS) is 1. The molecule has 1 unspecified atom stereocenters. The predicted octanol–water partition coefficient (Wildman–Crippen LogP) is 3.00. The standard InChI is InChI=1S/C17H14N2O4/c20-16(21)17(22)11-10-15(13-8-4-5-9-14(13)17)18-19(23)12-6-2-1-3-7-12/h1-10,22H,11H2,(H,20,21). The molecule has 6 nitrogen and oxygen atoms in total. The molecule has 0 aromatic heterocycles. The lowest BCUT2D eigenvalue weighted by molar-refractivity contribution is -0.434. The number of fused-ring (bicyclic) bond motifs is 1. The second-order valence-corrected chi connectivity index (χ2v) is 5.21. The van der Waals surface area contributed by atoms with E-state index in [0.29, 0.717) is 21.8 Å². The molecule has 23 heavy (non-hydrogen) atoms. The van der Waals surface area contributed by atoms with E-state index in [1.165, 1.54) is 12.1 Å². The summed E-state index contributed by atoms with van der Waals surface area (Å²) in [4.78, 5) is 11.9. The lowest BCUT2D eigenvalue weighted by Gasteiger charge is -2.28. The molecule has 0 radical (unpaired) electrons. The zero-order valence-electron chi connectivity index (χ0n) is 12.1. The molecule has 0 aliphatic heterocycles. The normalized spacial score (nSPS) is 20.6. The molecule has 0 bridgehead atoms. The summed E-state index contributed by atoms with van der Waals surface area (Å²) in [7, 11) is 0. The SMILES string of the molecule is O=C(O)C1(O)CC=C(N=[N+]([O-])c2ccccc2)c2ccccc21. The Morgan fingerprint density at radius 3 is 2.48 bits per heavy atom. The number of benzene rings is 2. The van der Waals surface area contributed by atoms with Crippen molar-refractivity contribution < 1.29 is 19.9 Å². The summed E-state index contributed by atoms with van der Waals surface area (Å²) < 4.78 is 0. The third-order valence-corrected chi connectivity index (χ3v) is 3.77. The van der Waals surface area contributed by atoms with Crippen LogP contribution in [0.25, 0.3) is 5.70 Å². The number of aliphatic carboxylic acids is 1. The van der Waals surface area contributed by atoms with Gasteiger partial charge in [-0.15, -0.1) is 0 Å². The molecule has 1 aliphatic carbocycles. The van der Waals surface area contributed by atoms with Crippen LogP contribution in [-0.2, 0) is 10.4 Å². The van der Waals surface area contributed by atoms with Crippen LogP contribution in [0.15, 0.2) is 65.8 Å². The minimum Gasteiger partial charge on any atom is -0.594 e. The summed E-state index contributed by atoms with van der Waals surface area (Å²) in [5.74, 6) is -1.33. The minimum absolute atomic E-state index is 0.152. The molecule has 0 spiro atoms. The first kappa shape index (κ1) is 14.9. The van der Waals surface area contributed by atoms with E-state index in [9.17, 15) is 20.2 Å². The monoisotopic (exact) mass is 310 g/mol. The average Bonchev–Trinajstić information content (AvgIpc) is 2.58. The van der Waals surface area contributed by atoms with E-state index in [-0.39, 0.29) is 12.0 Å². The molecule has 0 amide bonds. The Hall–Kier alpha value is -2.99. The largest absolute Gasteiger partial charge is 0.594 e. The fourth-order valence-corrected chi connectivity index (χ4v) is 2.54. The summed E-state index contributed by atoms with van der Waals surface area (Å²) in [6, 6.07) is 15.0. The van der Waals surface area contributed by atoms with Gasteiger partial charge in [0.15, 0.2) is 5.60 Å². The van der Waals surface area contributed by atoms with Crippen LogP contribution in [0.5, 0.6) is 0 Å². The summed E-state index contributed by atoms with van der Waals surface area (Å²) in [5.41, 5.74) is -0.637. The van der Waals surface area contributed by atoms with Crippen molar-refractivity contribution in [1.82, 2.24) is 0 Å². The van der Waals surface area contributed by atoms with Gasteiger partial charge in [-0.3, -0.25) is 0 Å². The van der Waals surface area contributed by atoms with Crippen LogP contribution in [0.1, 0.15) is 17.5 Å². The number of hydrogen-bond acceptors (Lipinski definition) is 4. The smallest absolute Gasteiger partial charge is 0.340 e. The highest BCUT2D eigenvalue weighted by Crippen LogP contribution is 2.38. The van der Waals surface area contributed by atoms with Gasteiger partial charge < -0.3 is 15.4 Å². The number of hydrogen-bond donors (Lipinski definition) is 2. The Morgan fingerprint density at radius 1 is 1.13 bits per heavy atom. The van der Waals surface area contributed by atoms with E-state index in [4.69, 9.17) is 0 Å².